The van der Waals surface area contributed by atoms with E-state index in [-0.39, 0.29) is 11.6 Å². The molecule has 2 aromatic carbocycles. The van der Waals surface area contributed by atoms with Gasteiger partial charge in [-0.3, -0.25) is 9.59 Å². The highest BCUT2D eigenvalue weighted by atomic mass is 32.2. The quantitative estimate of drug-likeness (QED) is 0.657. The zero-order valence-electron chi connectivity index (χ0n) is 15.4. The number of carbonyl (C=O) groups excluding carboxylic acids is 2. The Balaban J connectivity index is 2.11. The molecule has 0 aliphatic carbocycles. The van der Waals surface area contributed by atoms with Crippen LogP contribution in [0.2, 0.25) is 0 Å². The average molecular weight is 429 g/mol. The second kappa shape index (κ2) is 8.62. The minimum absolute atomic E-state index is 0.253. The van der Waals surface area contributed by atoms with Crippen LogP contribution in [0.1, 0.15) is 18.1 Å². The molecule has 2 amide bonds. The van der Waals surface area contributed by atoms with E-state index in [0.717, 1.165) is 23.8 Å². The van der Waals surface area contributed by atoms with Gasteiger partial charge in [0.1, 0.15) is 0 Å². The van der Waals surface area contributed by atoms with Crippen molar-refractivity contribution in [3.63, 3.8) is 0 Å². The summed E-state index contributed by atoms with van der Waals surface area (Å²) in [6.45, 7) is 2.32. The predicted molar refractivity (Wildman–Crippen MR) is 101 cm³/mol. The number of sulfonamides is 1. The van der Waals surface area contributed by atoms with Crippen LogP contribution in [0, 0.1) is 6.92 Å². The van der Waals surface area contributed by atoms with Crippen LogP contribution in [0.25, 0.3) is 0 Å². The maximum Gasteiger partial charge on any atom is 0.416 e. The average Bonchev–Trinajstić information content (AvgIpc) is 2.61. The Morgan fingerprint density at radius 2 is 1.69 bits per heavy atom. The predicted octanol–water partition coefficient (Wildman–Crippen LogP) is 2.89. The highest BCUT2D eigenvalue weighted by molar-refractivity contribution is 7.89. The van der Waals surface area contributed by atoms with Crippen molar-refractivity contribution in [2.24, 2.45) is 0 Å². The molecule has 7 nitrogen and oxygen atoms in total. The second-order valence-corrected chi connectivity index (χ2v) is 7.90. The van der Waals surface area contributed by atoms with E-state index in [0.29, 0.717) is 11.8 Å². The van der Waals surface area contributed by atoms with Gasteiger partial charge in [-0.1, -0.05) is 12.1 Å². The van der Waals surface area contributed by atoms with Crippen LogP contribution in [0.5, 0.6) is 0 Å². The smallest absolute Gasteiger partial charge is 0.325 e. The van der Waals surface area contributed by atoms with E-state index in [1.807, 2.05) is 4.72 Å². The van der Waals surface area contributed by atoms with E-state index in [9.17, 15) is 31.2 Å². The van der Waals surface area contributed by atoms with Crippen LogP contribution in [-0.4, -0.2) is 26.8 Å². The molecule has 0 radical (unpaired) electrons. The van der Waals surface area contributed by atoms with Crippen LogP contribution < -0.4 is 15.4 Å². The molecule has 0 fully saturated rings. The summed E-state index contributed by atoms with van der Waals surface area (Å²) in [7, 11) is -4.35. The fourth-order valence-electron chi connectivity index (χ4n) is 2.34. The molecule has 0 saturated heterocycles. The molecule has 156 valence electrons. The third-order valence-electron chi connectivity index (χ3n) is 3.65. The molecule has 0 bridgehead atoms. The van der Waals surface area contributed by atoms with Crippen molar-refractivity contribution in [3.05, 3.63) is 53.6 Å². The molecule has 0 saturated carbocycles. The number of hydrogen-bond acceptors (Lipinski definition) is 4. The normalized spacial score (nSPS) is 11.8. The van der Waals surface area contributed by atoms with Crippen molar-refractivity contribution in [2.45, 2.75) is 24.9 Å². The highest BCUT2D eigenvalue weighted by Gasteiger charge is 2.31. The largest absolute Gasteiger partial charge is 0.416 e. The van der Waals surface area contributed by atoms with E-state index >= 15 is 0 Å². The Morgan fingerprint density at radius 3 is 2.31 bits per heavy atom. The van der Waals surface area contributed by atoms with Gasteiger partial charge in [-0.25, -0.2) is 13.1 Å². The lowest BCUT2D eigenvalue weighted by molar-refractivity contribution is -0.137. The van der Waals surface area contributed by atoms with E-state index in [1.165, 1.54) is 6.92 Å². The van der Waals surface area contributed by atoms with E-state index in [4.69, 9.17) is 0 Å². The van der Waals surface area contributed by atoms with Gasteiger partial charge in [0, 0.05) is 6.92 Å². The Kier molecular flexibility index (Phi) is 6.65. The molecule has 11 heteroatoms. The molecular weight excluding hydrogens is 411 g/mol. The fourth-order valence-corrected chi connectivity index (χ4v) is 3.37. The first-order valence-electron chi connectivity index (χ1n) is 8.23. The Morgan fingerprint density at radius 1 is 1.00 bits per heavy atom. The molecule has 0 aromatic heterocycles. The van der Waals surface area contributed by atoms with Gasteiger partial charge in [0.25, 0.3) is 0 Å². The van der Waals surface area contributed by atoms with Crippen molar-refractivity contribution in [3.8, 4) is 0 Å². The monoisotopic (exact) mass is 429 g/mol. The van der Waals surface area contributed by atoms with Crippen LogP contribution in [0.15, 0.2) is 47.4 Å². The lowest BCUT2D eigenvalue weighted by Gasteiger charge is -2.13. The van der Waals surface area contributed by atoms with Gasteiger partial charge in [-0.05, 0) is 42.8 Å². The summed E-state index contributed by atoms with van der Waals surface area (Å²) in [5.74, 6) is -1.13. The molecule has 0 heterocycles. The summed E-state index contributed by atoms with van der Waals surface area (Å²) in [5, 5.41) is 4.98. The van der Waals surface area contributed by atoms with Gasteiger partial charge in [-0.15, -0.1) is 0 Å². The number of hydrogen-bond donors (Lipinski definition) is 3. The molecular formula is C18H18F3N3O4S. The zero-order valence-corrected chi connectivity index (χ0v) is 16.2. The van der Waals surface area contributed by atoms with Crippen molar-refractivity contribution in [1.29, 1.82) is 0 Å². The topological polar surface area (TPSA) is 104 Å². The summed E-state index contributed by atoms with van der Waals surface area (Å²) in [5.41, 5.74) is 0.226. The number of nitrogens with one attached hydrogen (secondary N) is 3. The van der Waals surface area contributed by atoms with Crippen molar-refractivity contribution in [1.82, 2.24) is 4.72 Å². The third-order valence-corrected chi connectivity index (χ3v) is 5.05. The number of halogens is 3. The molecule has 3 N–H and O–H groups in total. The van der Waals surface area contributed by atoms with Crippen LogP contribution >= 0.6 is 0 Å². The Labute approximate surface area is 165 Å². The maximum absolute atomic E-state index is 12.8. The lowest BCUT2D eigenvalue weighted by Crippen LogP contribution is -2.33. The molecule has 29 heavy (non-hydrogen) atoms. The number of amides is 2. The molecule has 0 spiro atoms. The van der Waals surface area contributed by atoms with E-state index < -0.39 is 39.1 Å². The zero-order chi connectivity index (χ0) is 21.8. The van der Waals surface area contributed by atoms with Crippen LogP contribution in [0.3, 0.4) is 0 Å². The second-order valence-electron chi connectivity index (χ2n) is 6.13. The van der Waals surface area contributed by atoms with Gasteiger partial charge in [-0.2, -0.15) is 13.2 Å². The SMILES string of the molecule is CC(=O)Nc1ccc(C)cc1NC(=O)CNS(=O)(=O)c1cccc(C(F)(F)F)c1. The first-order valence-corrected chi connectivity index (χ1v) is 9.72. The van der Waals surface area contributed by atoms with Gasteiger partial charge in [0.2, 0.25) is 21.8 Å². The number of carbonyl (C=O) groups is 2. The summed E-state index contributed by atoms with van der Waals surface area (Å²) in [4.78, 5) is 22.8. The minimum atomic E-state index is -4.70. The summed E-state index contributed by atoms with van der Waals surface area (Å²) in [6.07, 6.45) is -4.70. The highest BCUT2D eigenvalue weighted by Crippen LogP contribution is 2.30. The standard InChI is InChI=1S/C18H18F3N3O4S/c1-11-6-7-15(23-12(2)25)16(8-11)24-17(26)10-22-29(27,28)14-5-3-4-13(9-14)18(19,20)21/h3-9,22H,10H2,1-2H3,(H,23,25)(H,24,26). The summed E-state index contributed by atoms with van der Waals surface area (Å²) in [6, 6.07) is 8.03. The molecule has 0 unspecified atom stereocenters. The van der Waals surface area contributed by atoms with Crippen molar-refractivity contribution in [2.75, 3.05) is 17.2 Å². The van der Waals surface area contributed by atoms with E-state index in [1.54, 1.807) is 25.1 Å². The Hall–Kier alpha value is -2.92. The number of anilines is 2. The number of benzene rings is 2. The molecule has 0 aliphatic heterocycles. The minimum Gasteiger partial charge on any atom is -0.325 e. The van der Waals surface area contributed by atoms with Gasteiger partial charge in [0.15, 0.2) is 0 Å². The van der Waals surface area contributed by atoms with Gasteiger partial charge < -0.3 is 10.6 Å². The lowest BCUT2D eigenvalue weighted by atomic mass is 10.2. The number of aryl methyl sites for hydroxylation is 1. The first-order chi connectivity index (χ1) is 13.4. The molecule has 2 rings (SSSR count). The fraction of sp³-hybridized carbons (Fsp3) is 0.222. The maximum atomic E-state index is 12.8. The first kappa shape index (κ1) is 22.4. The van der Waals surface area contributed by atoms with Crippen LogP contribution in [-0.2, 0) is 25.8 Å². The van der Waals surface area contributed by atoms with Crippen LogP contribution in [0.4, 0.5) is 24.5 Å². The number of rotatable bonds is 6. The van der Waals surface area contributed by atoms with Gasteiger partial charge in [0.05, 0.1) is 28.4 Å². The summed E-state index contributed by atoms with van der Waals surface area (Å²) >= 11 is 0. The molecule has 2 aromatic rings. The molecule has 0 atom stereocenters. The Bertz CT molecular complexity index is 1040. The molecule has 0 aliphatic rings. The summed E-state index contributed by atoms with van der Waals surface area (Å²) < 4.78 is 64.7. The number of alkyl halides is 3. The van der Waals surface area contributed by atoms with Crippen molar-refractivity contribution < 1.29 is 31.2 Å². The van der Waals surface area contributed by atoms with Crippen molar-refractivity contribution >= 4 is 33.2 Å². The van der Waals surface area contributed by atoms with E-state index in [2.05, 4.69) is 10.6 Å². The third kappa shape index (κ3) is 6.29. The van der Waals surface area contributed by atoms with Gasteiger partial charge >= 0.3 is 6.18 Å².